The first-order valence-corrected chi connectivity index (χ1v) is 6.57. The molecule has 2 heteroatoms. The van der Waals surface area contributed by atoms with Gasteiger partial charge in [-0.05, 0) is 24.2 Å². The van der Waals surface area contributed by atoms with Gasteiger partial charge in [-0.3, -0.25) is 4.79 Å². The van der Waals surface area contributed by atoms with E-state index in [0.717, 1.165) is 6.61 Å². The second kappa shape index (κ2) is 6.39. The number of ketones is 1. The Bertz CT molecular complexity index is 209. The van der Waals surface area contributed by atoms with Crippen LogP contribution in [0.25, 0.3) is 0 Å². The van der Waals surface area contributed by atoms with Crippen molar-refractivity contribution in [2.45, 2.75) is 59.3 Å². The van der Waals surface area contributed by atoms with Crippen LogP contribution in [0.2, 0.25) is 0 Å². The standard InChI is InChI=1S/C14H26O2/c1-14(2,3)9-13(15)11-16-10-12-7-5-4-6-8-12/h12H,4-11H2,1-3H3. The molecule has 0 amide bonds. The number of Topliss-reactive ketones (excluding diaryl/α,β-unsaturated/α-hetero) is 1. The third-order valence-electron chi connectivity index (χ3n) is 3.07. The molecule has 1 fully saturated rings. The summed E-state index contributed by atoms with van der Waals surface area (Å²) < 4.78 is 5.53. The summed E-state index contributed by atoms with van der Waals surface area (Å²) in [5, 5.41) is 0. The lowest BCUT2D eigenvalue weighted by atomic mass is 9.89. The maximum atomic E-state index is 11.6. The Labute approximate surface area is 99.8 Å². The van der Waals surface area contributed by atoms with Gasteiger partial charge in [-0.1, -0.05) is 40.0 Å². The van der Waals surface area contributed by atoms with Gasteiger partial charge in [0.2, 0.25) is 0 Å². The monoisotopic (exact) mass is 226 g/mol. The van der Waals surface area contributed by atoms with Crippen molar-refractivity contribution in [1.82, 2.24) is 0 Å². The maximum Gasteiger partial charge on any atom is 0.158 e. The molecular weight excluding hydrogens is 200 g/mol. The molecular formula is C14H26O2. The Hall–Kier alpha value is -0.370. The molecule has 0 spiro atoms. The summed E-state index contributed by atoms with van der Waals surface area (Å²) in [5.74, 6) is 0.944. The Morgan fingerprint density at radius 3 is 2.38 bits per heavy atom. The van der Waals surface area contributed by atoms with Gasteiger partial charge in [0.15, 0.2) is 5.78 Å². The lowest BCUT2D eigenvalue weighted by molar-refractivity contribution is -0.125. The largest absolute Gasteiger partial charge is 0.373 e. The molecule has 0 atom stereocenters. The Morgan fingerprint density at radius 2 is 1.81 bits per heavy atom. The minimum Gasteiger partial charge on any atom is -0.373 e. The fourth-order valence-corrected chi connectivity index (χ4v) is 2.34. The molecule has 2 nitrogen and oxygen atoms in total. The molecule has 0 heterocycles. The molecule has 0 bridgehead atoms. The van der Waals surface area contributed by atoms with Crippen LogP contribution in [0.1, 0.15) is 59.3 Å². The predicted molar refractivity (Wildman–Crippen MR) is 66.5 cm³/mol. The zero-order valence-corrected chi connectivity index (χ0v) is 11.1. The van der Waals surface area contributed by atoms with Crippen LogP contribution >= 0.6 is 0 Å². The SMILES string of the molecule is CC(C)(C)CC(=O)COCC1CCCCC1. The molecule has 94 valence electrons. The fourth-order valence-electron chi connectivity index (χ4n) is 2.34. The number of ether oxygens (including phenoxy) is 1. The van der Waals surface area contributed by atoms with Crippen LogP contribution in [0.4, 0.5) is 0 Å². The molecule has 1 aliphatic carbocycles. The number of carbonyl (C=O) groups is 1. The van der Waals surface area contributed by atoms with Gasteiger partial charge in [0.25, 0.3) is 0 Å². The first-order valence-electron chi connectivity index (χ1n) is 6.57. The molecule has 0 N–H and O–H groups in total. The third kappa shape index (κ3) is 6.26. The summed E-state index contributed by atoms with van der Waals surface area (Å²) in [6, 6.07) is 0. The molecule has 0 aromatic heterocycles. The van der Waals surface area contributed by atoms with Gasteiger partial charge in [0.05, 0.1) is 0 Å². The molecule has 0 radical (unpaired) electrons. The fraction of sp³-hybridized carbons (Fsp3) is 0.929. The Morgan fingerprint density at radius 1 is 1.19 bits per heavy atom. The second-order valence-electron chi connectivity index (χ2n) is 6.30. The summed E-state index contributed by atoms with van der Waals surface area (Å²) in [5.41, 5.74) is 0.0886. The summed E-state index contributed by atoms with van der Waals surface area (Å²) in [6.07, 6.45) is 7.24. The van der Waals surface area contributed by atoms with Crippen LogP contribution in [0.15, 0.2) is 0 Å². The molecule has 0 aliphatic heterocycles. The molecule has 1 saturated carbocycles. The molecule has 1 rings (SSSR count). The van der Waals surface area contributed by atoms with Gasteiger partial charge in [-0.15, -0.1) is 0 Å². The van der Waals surface area contributed by atoms with Crippen molar-refractivity contribution in [3.05, 3.63) is 0 Å². The van der Waals surface area contributed by atoms with Gasteiger partial charge < -0.3 is 4.74 Å². The number of hydrogen-bond acceptors (Lipinski definition) is 2. The van der Waals surface area contributed by atoms with Gasteiger partial charge >= 0.3 is 0 Å². The minimum absolute atomic E-state index is 0.0886. The average molecular weight is 226 g/mol. The topological polar surface area (TPSA) is 26.3 Å². The zero-order valence-electron chi connectivity index (χ0n) is 11.1. The molecule has 1 aliphatic rings. The number of rotatable bonds is 5. The average Bonchev–Trinajstić information content (AvgIpc) is 2.16. The summed E-state index contributed by atoms with van der Waals surface area (Å²) in [6.45, 7) is 7.37. The van der Waals surface area contributed by atoms with Crippen molar-refractivity contribution in [2.24, 2.45) is 11.3 Å². The van der Waals surface area contributed by atoms with Crippen molar-refractivity contribution in [3.63, 3.8) is 0 Å². The van der Waals surface area contributed by atoms with E-state index in [1.54, 1.807) is 0 Å². The molecule has 0 aromatic carbocycles. The molecule has 0 saturated heterocycles. The van der Waals surface area contributed by atoms with E-state index < -0.39 is 0 Å². The van der Waals surface area contributed by atoms with Crippen molar-refractivity contribution >= 4 is 5.78 Å². The van der Waals surface area contributed by atoms with Gasteiger partial charge in [0, 0.05) is 13.0 Å². The Kier molecular flexibility index (Phi) is 5.47. The highest BCUT2D eigenvalue weighted by molar-refractivity contribution is 5.80. The molecule has 16 heavy (non-hydrogen) atoms. The Balaban J connectivity index is 2.08. The highest BCUT2D eigenvalue weighted by Gasteiger charge is 2.17. The zero-order chi connectivity index (χ0) is 12.0. The number of carbonyl (C=O) groups excluding carboxylic acids is 1. The van der Waals surface area contributed by atoms with E-state index in [1.165, 1.54) is 32.1 Å². The van der Waals surface area contributed by atoms with E-state index >= 15 is 0 Å². The first kappa shape index (κ1) is 13.7. The van der Waals surface area contributed by atoms with E-state index in [2.05, 4.69) is 20.8 Å². The van der Waals surface area contributed by atoms with Gasteiger partial charge in [-0.25, -0.2) is 0 Å². The predicted octanol–water partition coefficient (Wildman–Crippen LogP) is 3.59. The van der Waals surface area contributed by atoms with Crippen LogP contribution in [0, 0.1) is 11.3 Å². The summed E-state index contributed by atoms with van der Waals surface area (Å²) in [4.78, 5) is 11.6. The lowest BCUT2D eigenvalue weighted by Gasteiger charge is -2.21. The molecule has 0 aromatic rings. The highest BCUT2D eigenvalue weighted by atomic mass is 16.5. The van der Waals surface area contributed by atoms with Crippen LogP contribution in [-0.2, 0) is 9.53 Å². The van der Waals surface area contributed by atoms with E-state index in [1.807, 2.05) is 0 Å². The van der Waals surface area contributed by atoms with E-state index in [9.17, 15) is 4.79 Å². The molecule has 0 unspecified atom stereocenters. The lowest BCUT2D eigenvalue weighted by Crippen LogP contribution is -2.20. The van der Waals surface area contributed by atoms with Crippen LogP contribution in [0.3, 0.4) is 0 Å². The van der Waals surface area contributed by atoms with Crippen LogP contribution in [0.5, 0.6) is 0 Å². The minimum atomic E-state index is 0.0886. The van der Waals surface area contributed by atoms with Gasteiger partial charge in [-0.2, -0.15) is 0 Å². The van der Waals surface area contributed by atoms with Crippen LogP contribution in [-0.4, -0.2) is 19.0 Å². The van der Waals surface area contributed by atoms with E-state index in [4.69, 9.17) is 4.74 Å². The van der Waals surface area contributed by atoms with E-state index in [0.29, 0.717) is 18.9 Å². The second-order valence-corrected chi connectivity index (χ2v) is 6.30. The van der Waals surface area contributed by atoms with Crippen LogP contribution < -0.4 is 0 Å². The summed E-state index contributed by atoms with van der Waals surface area (Å²) in [7, 11) is 0. The quantitative estimate of drug-likeness (QED) is 0.716. The van der Waals surface area contributed by atoms with Gasteiger partial charge in [0.1, 0.15) is 6.61 Å². The summed E-state index contributed by atoms with van der Waals surface area (Å²) >= 11 is 0. The van der Waals surface area contributed by atoms with Crippen molar-refractivity contribution in [3.8, 4) is 0 Å². The van der Waals surface area contributed by atoms with Crippen molar-refractivity contribution in [2.75, 3.05) is 13.2 Å². The van der Waals surface area contributed by atoms with Crippen molar-refractivity contribution in [1.29, 1.82) is 0 Å². The normalized spacial score (nSPS) is 18.7. The number of hydrogen-bond donors (Lipinski definition) is 0. The maximum absolute atomic E-state index is 11.6. The van der Waals surface area contributed by atoms with E-state index in [-0.39, 0.29) is 11.2 Å². The van der Waals surface area contributed by atoms with Crippen molar-refractivity contribution < 1.29 is 9.53 Å². The first-order chi connectivity index (χ1) is 7.47. The smallest absolute Gasteiger partial charge is 0.158 e. The third-order valence-corrected chi connectivity index (χ3v) is 3.07. The highest BCUT2D eigenvalue weighted by Crippen LogP contribution is 2.24.